The number of fused-ring (bicyclic) bond motifs is 1. The van der Waals surface area contributed by atoms with Gasteiger partial charge in [0.1, 0.15) is 15.5 Å². The summed E-state index contributed by atoms with van der Waals surface area (Å²) in [5, 5.41) is 7.73. The molecule has 1 amide bonds. The van der Waals surface area contributed by atoms with Gasteiger partial charge in [0.05, 0.1) is 18.8 Å². The van der Waals surface area contributed by atoms with Crippen LogP contribution >= 0.6 is 11.3 Å². The number of thiophene rings is 1. The molecule has 0 bridgehead atoms. The first-order valence-corrected chi connectivity index (χ1v) is 8.88. The van der Waals surface area contributed by atoms with Crippen molar-refractivity contribution in [3.8, 4) is 12.3 Å². The summed E-state index contributed by atoms with van der Waals surface area (Å²) in [5.41, 5.74) is 1.66. The van der Waals surface area contributed by atoms with Gasteiger partial charge in [-0.15, -0.1) is 17.8 Å². The minimum absolute atomic E-state index is 0.0810. The molecule has 2 aromatic heterocycles. The molecule has 0 aliphatic rings. The Kier molecular flexibility index (Phi) is 5.52. The van der Waals surface area contributed by atoms with E-state index in [2.05, 4.69) is 16.3 Å². The average molecular weight is 385 g/mol. The number of halogens is 1. The number of esters is 1. The highest BCUT2D eigenvalue weighted by atomic mass is 32.1. The number of amides is 1. The van der Waals surface area contributed by atoms with E-state index in [1.165, 1.54) is 23.5 Å². The van der Waals surface area contributed by atoms with Crippen molar-refractivity contribution in [2.75, 3.05) is 13.2 Å². The second kappa shape index (κ2) is 8.01. The van der Waals surface area contributed by atoms with E-state index in [4.69, 9.17) is 11.2 Å². The van der Waals surface area contributed by atoms with Crippen LogP contribution in [0, 0.1) is 25.1 Å². The summed E-state index contributed by atoms with van der Waals surface area (Å²) in [6, 6.07) is 7.87. The Morgan fingerprint density at radius 3 is 2.81 bits per heavy atom. The van der Waals surface area contributed by atoms with Crippen LogP contribution in [0.3, 0.4) is 0 Å². The van der Waals surface area contributed by atoms with Crippen LogP contribution in [0.2, 0.25) is 0 Å². The zero-order valence-electron chi connectivity index (χ0n) is 14.5. The normalized spacial score (nSPS) is 10.6. The second-order valence-electron chi connectivity index (χ2n) is 5.76. The quantitative estimate of drug-likeness (QED) is 0.523. The van der Waals surface area contributed by atoms with Gasteiger partial charge in [0, 0.05) is 5.39 Å². The molecule has 27 heavy (non-hydrogen) atoms. The zero-order valence-corrected chi connectivity index (χ0v) is 15.3. The van der Waals surface area contributed by atoms with E-state index in [1.54, 1.807) is 22.9 Å². The molecular formula is C19H16FN3O3S. The Bertz CT molecular complexity index is 1030. The maximum Gasteiger partial charge on any atom is 0.348 e. The molecule has 8 heteroatoms. The predicted molar refractivity (Wildman–Crippen MR) is 100.0 cm³/mol. The summed E-state index contributed by atoms with van der Waals surface area (Å²) in [4.78, 5) is 24.9. The summed E-state index contributed by atoms with van der Waals surface area (Å²) >= 11 is 1.23. The van der Waals surface area contributed by atoms with Crippen LogP contribution in [0.1, 0.15) is 20.9 Å². The molecule has 0 saturated carbocycles. The summed E-state index contributed by atoms with van der Waals surface area (Å²) in [7, 11) is 0. The van der Waals surface area contributed by atoms with Crippen molar-refractivity contribution in [3.63, 3.8) is 0 Å². The van der Waals surface area contributed by atoms with Gasteiger partial charge in [0.15, 0.2) is 6.61 Å². The molecule has 0 saturated heterocycles. The molecule has 2 heterocycles. The second-order valence-corrected chi connectivity index (χ2v) is 6.79. The van der Waals surface area contributed by atoms with Crippen LogP contribution in [0.4, 0.5) is 4.39 Å². The number of rotatable bonds is 6. The van der Waals surface area contributed by atoms with Gasteiger partial charge in [0.25, 0.3) is 5.91 Å². The van der Waals surface area contributed by atoms with Gasteiger partial charge in [-0.1, -0.05) is 18.1 Å². The van der Waals surface area contributed by atoms with Crippen LogP contribution in [0.25, 0.3) is 10.2 Å². The van der Waals surface area contributed by atoms with Gasteiger partial charge in [-0.3, -0.25) is 9.48 Å². The lowest BCUT2D eigenvalue weighted by Gasteiger charge is -2.04. The number of aromatic nitrogens is 2. The van der Waals surface area contributed by atoms with Crippen LogP contribution in [-0.4, -0.2) is 34.8 Å². The van der Waals surface area contributed by atoms with E-state index in [1.807, 2.05) is 6.92 Å². The highest BCUT2D eigenvalue weighted by molar-refractivity contribution is 7.20. The number of hydrogen-bond donors (Lipinski definition) is 1. The van der Waals surface area contributed by atoms with Crippen molar-refractivity contribution in [1.82, 2.24) is 15.1 Å². The van der Waals surface area contributed by atoms with Gasteiger partial charge >= 0.3 is 5.97 Å². The lowest BCUT2D eigenvalue weighted by molar-refractivity contribution is -0.123. The molecule has 1 N–H and O–H groups in total. The largest absolute Gasteiger partial charge is 0.451 e. The number of ether oxygens (including phenoxy) is 1. The highest BCUT2D eigenvalue weighted by Gasteiger charge is 2.18. The predicted octanol–water partition coefficient (Wildman–Crippen LogP) is 2.50. The Morgan fingerprint density at radius 2 is 2.11 bits per heavy atom. The first kappa shape index (κ1) is 18.6. The number of nitrogens with one attached hydrogen (secondary N) is 1. The van der Waals surface area contributed by atoms with Crippen LogP contribution < -0.4 is 5.32 Å². The molecule has 6 nitrogen and oxygen atoms in total. The average Bonchev–Trinajstić information content (AvgIpc) is 3.21. The number of carbonyl (C=O) groups excluding carboxylic acids is 2. The molecule has 0 spiro atoms. The molecule has 1 aromatic carbocycles. The lowest BCUT2D eigenvalue weighted by Crippen LogP contribution is -2.28. The van der Waals surface area contributed by atoms with Crippen molar-refractivity contribution in [1.29, 1.82) is 0 Å². The van der Waals surface area contributed by atoms with Crippen molar-refractivity contribution >= 4 is 33.4 Å². The van der Waals surface area contributed by atoms with Gasteiger partial charge in [-0.2, -0.15) is 5.10 Å². The number of aryl methyl sites for hydroxylation is 1. The van der Waals surface area contributed by atoms with E-state index < -0.39 is 18.5 Å². The third kappa shape index (κ3) is 4.33. The maximum absolute atomic E-state index is 13.1. The van der Waals surface area contributed by atoms with Gasteiger partial charge < -0.3 is 10.1 Å². The molecule has 0 unspecified atom stereocenters. The molecule has 3 rings (SSSR count). The van der Waals surface area contributed by atoms with Gasteiger partial charge in [0.2, 0.25) is 0 Å². The Morgan fingerprint density at radius 1 is 1.37 bits per heavy atom. The monoisotopic (exact) mass is 385 g/mol. The Hall–Kier alpha value is -3.18. The van der Waals surface area contributed by atoms with E-state index in [-0.39, 0.29) is 12.4 Å². The van der Waals surface area contributed by atoms with Crippen LogP contribution in [0.5, 0.6) is 0 Å². The van der Waals surface area contributed by atoms with Gasteiger partial charge in [-0.25, -0.2) is 9.18 Å². The lowest BCUT2D eigenvalue weighted by atomic mass is 10.2. The third-order valence-electron chi connectivity index (χ3n) is 3.78. The molecule has 0 aliphatic carbocycles. The molecule has 0 fully saturated rings. The maximum atomic E-state index is 13.1. The van der Waals surface area contributed by atoms with E-state index >= 15 is 0 Å². The molecular weight excluding hydrogens is 369 g/mol. The van der Waals surface area contributed by atoms with Crippen molar-refractivity contribution < 1.29 is 18.7 Å². The van der Waals surface area contributed by atoms with Crippen molar-refractivity contribution in [2.24, 2.45) is 0 Å². The first-order chi connectivity index (χ1) is 13.0. The molecule has 138 valence electrons. The van der Waals surface area contributed by atoms with Crippen molar-refractivity contribution in [2.45, 2.75) is 13.5 Å². The number of benzene rings is 1. The Labute approximate surface area is 158 Å². The molecule has 0 radical (unpaired) electrons. The topological polar surface area (TPSA) is 73.2 Å². The minimum Gasteiger partial charge on any atom is -0.451 e. The standard InChI is InChI=1S/C19H16FN3O3S/c1-3-8-21-17(24)11-26-19(25)16-9-15-12(2)22-23(18(15)27-16)10-13-4-6-14(20)7-5-13/h1,4-7,9H,8,10-11H2,2H3,(H,21,24). The fourth-order valence-corrected chi connectivity index (χ4v) is 3.54. The number of carbonyl (C=O) groups is 2. The third-order valence-corrected chi connectivity index (χ3v) is 4.90. The summed E-state index contributed by atoms with van der Waals surface area (Å²) in [6.45, 7) is 1.99. The molecule has 3 aromatic rings. The first-order valence-electron chi connectivity index (χ1n) is 8.06. The smallest absolute Gasteiger partial charge is 0.348 e. The number of nitrogens with zero attached hydrogens (tertiary/aromatic N) is 2. The minimum atomic E-state index is -0.584. The van der Waals surface area contributed by atoms with E-state index in [0.717, 1.165) is 21.5 Å². The Balaban J connectivity index is 1.75. The molecule has 0 atom stereocenters. The number of terminal acetylenes is 1. The number of hydrogen-bond acceptors (Lipinski definition) is 5. The van der Waals surface area contributed by atoms with Gasteiger partial charge in [-0.05, 0) is 30.7 Å². The zero-order chi connectivity index (χ0) is 19.4. The van der Waals surface area contributed by atoms with E-state index in [9.17, 15) is 14.0 Å². The summed E-state index contributed by atoms with van der Waals surface area (Å²) in [6.07, 6.45) is 5.05. The van der Waals surface area contributed by atoms with Crippen molar-refractivity contribution in [3.05, 3.63) is 52.3 Å². The van der Waals surface area contributed by atoms with Crippen LogP contribution in [0.15, 0.2) is 30.3 Å². The fourth-order valence-electron chi connectivity index (χ4n) is 2.49. The molecule has 0 aliphatic heterocycles. The van der Waals surface area contributed by atoms with E-state index in [0.29, 0.717) is 11.4 Å². The highest BCUT2D eigenvalue weighted by Crippen LogP contribution is 2.29. The summed E-state index contributed by atoms with van der Waals surface area (Å²) in [5.74, 6) is 0.928. The SMILES string of the molecule is C#CCNC(=O)COC(=O)c1cc2c(C)nn(Cc3ccc(F)cc3)c2s1. The summed E-state index contributed by atoms with van der Waals surface area (Å²) < 4.78 is 19.8. The van der Waals surface area contributed by atoms with Crippen LogP contribution in [-0.2, 0) is 16.1 Å². The fraction of sp³-hybridized carbons (Fsp3) is 0.211.